The van der Waals surface area contributed by atoms with E-state index in [1.54, 1.807) is 12.1 Å². The minimum atomic E-state index is -0.647. The van der Waals surface area contributed by atoms with Crippen molar-refractivity contribution in [2.75, 3.05) is 0 Å². The average molecular weight is 289 g/mol. The second-order valence-corrected chi connectivity index (χ2v) is 6.87. The summed E-state index contributed by atoms with van der Waals surface area (Å²) in [6.07, 6.45) is 3.47. The lowest BCUT2D eigenvalue weighted by atomic mass is 9.61. The summed E-state index contributed by atoms with van der Waals surface area (Å²) in [6.45, 7) is 0.620. The van der Waals surface area contributed by atoms with Gasteiger partial charge in [-0.1, -0.05) is 12.1 Å². The molecule has 0 aromatic heterocycles. The second-order valence-electron chi connectivity index (χ2n) is 6.87. The van der Waals surface area contributed by atoms with Crippen molar-refractivity contribution in [3.05, 3.63) is 35.6 Å². The Balaban J connectivity index is 1.50. The van der Waals surface area contributed by atoms with Gasteiger partial charge in [-0.3, -0.25) is 4.79 Å². The summed E-state index contributed by atoms with van der Waals surface area (Å²) in [5, 5.41) is 13.1. The minimum absolute atomic E-state index is 0.0788. The van der Waals surface area contributed by atoms with Crippen LogP contribution in [0.5, 0.6) is 0 Å². The molecule has 0 spiro atoms. The van der Waals surface area contributed by atoms with Gasteiger partial charge in [-0.25, -0.2) is 4.39 Å². The van der Waals surface area contributed by atoms with Gasteiger partial charge in [0.2, 0.25) is 0 Å². The molecule has 4 heteroatoms. The highest BCUT2D eigenvalue weighted by Crippen LogP contribution is 2.64. The third kappa shape index (κ3) is 2.16. The fraction of sp³-hybridized carbons (Fsp3) is 0.588. The highest BCUT2D eigenvalue weighted by Gasteiger charge is 2.62. The predicted octanol–water partition coefficient (Wildman–Crippen LogP) is 2.66. The van der Waals surface area contributed by atoms with Crippen LogP contribution in [-0.4, -0.2) is 17.1 Å². The molecule has 1 aromatic carbocycles. The molecular weight excluding hydrogens is 269 g/mol. The monoisotopic (exact) mass is 289 g/mol. The zero-order valence-electron chi connectivity index (χ0n) is 11.8. The quantitative estimate of drug-likeness (QED) is 0.896. The number of hydrogen-bond donors (Lipinski definition) is 2. The summed E-state index contributed by atoms with van der Waals surface area (Å²) in [5.41, 5.74) is 1.01. The minimum Gasteiger partial charge on any atom is -0.481 e. The van der Waals surface area contributed by atoms with Crippen molar-refractivity contribution in [2.24, 2.45) is 29.6 Å². The highest BCUT2D eigenvalue weighted by atomic mass is 19.1. The zero-order valence-corrected chi connectivity index (χ0v) is 11.8. The highest BCUT2D eigenvalue weighted by molar-refractivity contribution is 5.72. The number of nitrogens with one attached hydrogen (secondary N) is 1. The molecule has 5 rings (SSSR count). The van der Waals surface area contributed by atoms with Gasteiger partial charge >= 0.3 is 5.97 Å². The Bertz CT molecular complexity index is 558. The van der Waals surface area contributed by atoms with E-state index in [9.17, 15) is 14.3 Å². The molecule has 4 aliphatic carbocycles. The number of carboxylic acids is 1. The van der Waals surface area contributed by atoms with Crippen molar-refractivity contribution in [1.29, 1.82) is 0 Å². The SMILES string of the molecule is O=C(O)[C@@H]1C2CCC(C3CC32)[C@@H]1NCc1ccc(F)cc1. The van der Waals surface area contributed by atoms with Gasteiger partial charge in [0.25, 0.3) is 0 Å². The normalized spacial score (nSPS) is 39.9. The Morgan fingerprint density at radius 1 is 1.14 bits per heavy atom. The van der Waals surface area contributed by atoms with Gasteiger partial charge in [-0.2, -0.15) is 0 Å². The average Bonchev–Trinajstić information content (AvgIpc) is 3.28. The lowest BCUT2D eigenvalue weighted by Gasteiger charge is -2.46. The van der Waals surface area contributed by atoms with Crippen LogP contribution in [0.1, 0.15) is 24.8 Å². The fourth-order valence-electron chi connectivity index (χ4n) is 4.91. The first-order chi connectivity index (χ1) is 10.1. The van der Waals surface area contributed by atoms with E-state index in [-0.39, 0.29) is 17.8 Å². The van der Waals surface area contributed by atoms with Crippen LogP contribution in [0.2, 0.25) is 0 Å². The maximum absolute atomic E-state index is 12.9. The lowest BCUT2D eigenvalue weighted by Crippen LogP contribution is -2.55. The largest absolute Gasteiger partial charge is 0.481 e. The Kier molecular flexibility index (Phi) is 3.03. The van der Waals surface area contributed by atoms with Crippen LogP contribution in [0, 0.1) is 35.4 Å². The Hall–Kier alpha value is -1.42. The third-order valence-corrected chi connectivity index (χ3v) is 5.87. The van der Waals surface area contributed by atoms with Gasteiger partial charge < -0.3 is 10.4 Å². The lowest BCUT2D eigenvalue weighted by molar-refractivity contribution is -0.150. The molecule has 2 N–H and O–H groups in total. The predicted molar refractivity (Wildman–Crippen MR) is 76.0 cm³/mol. The van der Waals surface area contributed by atoms with Crippen molar-refractivity contribution in [3.63, 3.8) is 0 Å². The van der Waals surface area contributed by atoms with Gasteiger partial charge in [0, 0.05) is 12.6 Å². The number of aliphatic carboxylic acids is 1. The molecule has 6 atom stereocenters. The number of rotatable bonds is 4. The molecule has 3 nitrogen and oxygen atoms in total. The molecule has 0 heterocycles. The zero-order chi connectivity index (χ0) is 14.6. The summed E-state index contributed by atoms with van der Waals surface area (Å²) in [4.78, 5) is 11.7. The summed E-state index contributed by atoms with van der Waals surface area (Å²) in [5.74, 6) is 1.18. The summed E-state index contributed by atoms with van der Waals surface area (Å²) in [7, 11) is 0. The van der Waals surface area contributed by atoms with Crippen molar-refractivity contribution >= 4 is 5.97 Å². The number of benzene rings is 1. The van der Waals surface area contributed by atoms with Crippen molar-refractivity contribution in [3.8, 4) is 0 Å². The van der Waals surface area contributed by atoms with Crippen LogP contribution in [0.3, 0.4) is 0 Å². The van der Waals surface area contributed by atoms with E-state index in [1.165, 1.54) is 18.6 Å². The number of hydrogen-bond acceptors (Lipinski definition) is 2. The van der Waals surface area contributed by atoms with Crippen LogP contribution in [0.15, 0.2) is 24.3 Å². The number of halogens is 1. The van der Waals surface area contributed by atoms with Gasteiger partial charge in [0.15, 0.2) is 0 Å². The molecular formula is C17H20FNO2. The number of carboxylic acid groups (broad SMARTS) is 1. The topological polar surface area (TPSA) is 49.3 Å². The third-order valence-electron chi connectivity index (χ3n) is 5.87. The van der Waals surface area contributed by atoms with Crippen LogP contribution in [-0.2, 0) is 11.3 Å². The van der Waals surface area contributed by atoms with E-state index in [4.69, 9.17) is 0 Å². The first-order valence-corrected chi connectivity index (χ1v) is 7.86. The molecule has 0 saturated heterocycles. The molecule has 112 valence electrons. The molecule has 0 amide bonds. The van der Waals surface area contributed by atoms with Crippen LogP contribution < -0.4 is 5.32 Å². The summed E-state index contributed by atoms with van der Waals surface area (Å²) < 4.78 is 12.9. The molecule has 21 heavy (non-hydrogen) atoms. The van der Waals surface area contributed by atoms with Gasteiger partial charge in [0.05, 0.1) is 5.92 Å². The summed E-state index contributed by atoms with van der Waals surface area (Å²) >= 11 is 0. The van der Waals surface area contributed by atoms with E-state index in [0.717, 1.165) is 24.3 Å². The van der Waals surface area contributed by atoms with Gasteiger partial charge in [-0.05, 0) is 60.6 Å². The van der Waals surface area contributed by atoms with Gasteiger partial charge in [-0.15, -0.1) is 0 Å². The maximum Gasteiger partial charge on any atom is 0.308 e. The maximum atomic E-state index is 12.9. The molecule has 2 bridgehead atoms. The molecule has 0 aliphatic heterocycles. The first kappa shape index (κ1) is 13.3. The standard InChI is InChI=1S/C17H20FNO2/c18-10-3-1-9(2-4-10)8-19-16-12-6-5-11(13-7-14(12)13)15(16)17(20)21/h1-4,11-16,19H,5-8H2,(H,20,21)/t11?,12?,13?,14?,15-,16+/m1/s1. The van der Waals surface area contributed by atoms with Gasteiger partial charge in [0.1, 0.15) is 5.82 Å². The molecule has 4 unspecified atom stereocenters. The van der Waals surface area contributed by atoms with Crippen LogP contribution in [0.25, 0.3) is 0 Å². The van der Waals surface area contributed by atoms with Crippen molar-refractivity contribution in [2.45, 2.75) is 31.8 Å². The Morgan fingerprint density at radius 3 is 2.52 bits per heavy atom. The Labute approximate surface area is 123 Å². The number of carbonyl (C=O) groups is 1. The van der Waals surface area contributed by atoms with E-state index in [1.807, 2.05) is 0 Å². The van der Waals surface area contributed by atoms with Crippen molar-refractivity contribution < 1.29 is 14.3 Å². The van der Waals surface area contributed by atoms with Crippen LogP contribution >= 0.6 is 0 Å². The molecule has 1 aromatic rings. The first-order valence-electron chi connectivity index (χ1n) is 7.86. The van der Waals surface area contributed by atoms with Crippen LogP contribution in [0.4, 0.5) is 4.39 Å². The van der Waals surface area contributed by atoms with E-state index in [2.05, 4.69) is 5.32 Å². The fourth-order valence-corrected chi connectivity index (χ4v) is 4.91. The molecule has 4 aliphatic rings. The van der Waals surface area contributed by atoms with E-state index >= 15 is 0 Å². The summed E-state index contributed by atoms with van der Waals surface area (Å²) in [6, 6.07) is 6.51. The van der Waals surface area contributed by atoms with E-state index < -0.39 is 5.97 Å². The Morgan fingerprint density at radius 2 is 1.81 bits per heavy atom. The van der Waals surface area contributed by atoms with E-state index in [0.29, 0.717) is 24.3 Å². The van der Waals surface area contributed by atoms with Crippen molar-refractivity contribution in [1.82, 2.24) is 5.32 Å². The molecule has 4 fully saturated rings. The molecule has 0 radical (unpaired) electrons. The number of fused-ring (bicyclic) bond motifs is 2. The smallest absolute Gasteiger partial charge is 0.308 e. The molecule has 4 saturated carbocycles. The second kappa shape index (κ2) is 4.80.